The van der Waals surface area contributed by atoms with E-state index in [1.807, 2.05) is 0 Å². The van der Waals surface area contributed by atoms with E-state index in [1.54, 1.807) is 0 Å². The Bertz CT molecular complexity index is 1390. The van der Waals surface area contributed by atoms with E-state index >= 15 is 0 Å². The fraction of sp³-hybridized carbons (Fsp3) is 0.745. The Morgan fingerprint density at radius 3 is 1.58 bits per heavy atom. The smallest absolute Gasteiger partial charge is 0.397 e. The lowest BCUT2D eigenvalue weighted by Gasteiger charge is -2.41. The number of rotatable bonds is 42. The largest absolute Gasteiger partial charge is 0.457 e. The second kappa shape index (κ2) is 41.9. The van der Waals surface area contributed by atoms with E-state index in [0.29, 0.717) is 13.0 Å². The number of ether oxygens (including phenoxy) is 4. The van der Waals surface area contributed by atoms with Gasteiger partial charge in [0.25, 0.3) is 0 Å². The van der Waals surface area contributed by atoms with Crippen LogP contribution in [0.5, 0.6) is 0 Å². The van der Waals surface area contributed by atoms with Crippen molar-refractivity contribution < 1.29 is 56.2 Å². The molecule has 0 bridgehead atoms. The summed E-state index contributed by atoms with van der Waals surface area (Å²) in [7, 11) is -5.07. The van der Waals surface area contributed by atoms with Gasteiger partial charge in [-0.05, 0) is 83.5 Å². The molecule has 1 aliphatic heterocycles. The first-order valence-electron chi connectivity index (χ1n) is 24.7. The zero-order valence-corrected chi connectivity index (χ0v) is 40.4. The molecule has 1 saturated heterocycles. The van der Waals surface area contributed by atoms with Crippen molar-refractivity contribution in [2.45, 2.75) is 218 Å². The van der Waals surface area contributed by atoms with Gasteiger partial charge in [-0.1, -0.05) is 164 Å². The van der Waals surface area contributed by atoms with E-state index in [2.05, 4.69) is 90.9 Å². The minimum absolute atomic E-state index is 0.0181. The molecule has 1 rings (SSSR count). The van der Waals surface area contributed by atoms with Gasteiger partial charge in [0.05, 0.1) is 19.8 Å². The Morgan fingerprint density at radius 2 is 1.08 bits per heavy atom. The van der Waals surface area contributed by atoms with Crippen LogP contribution in [0, 0.1) is 0 Å². The van der Waals surface area contributed by atoms with Crippen molar-refractivity contribution in [1.82, 2.24) is 0 Å². The van der Waals surface area contributed by atoms with Crippen LogP contribution < -0.4 is 0 Å². The quantitative estimate of drug-likeness (QED) is 0.0197. The first-order chi connectivity index (χ1) is 31.1. The fourth-order valence-electron chi connectivity index (χ4n) is 7.10. The molecule has 1 fully saturated rings. The standard InChI is InChI=1S/C51H88O12S/c1-3-5-7-9-11-13-15-17-19-21-23-24-26-28-30-32-34-36-38-40-47(53)61-45(44-60-51-49(55)50(63-64(56,57)58)48(54)46(42-52)62-51)43-59-41-39-37-35-33-31-29-27-25-22-20-18-16-14-12-10-8-6-4-2/h6,8,11-14,17-20,25,27,45-46,48-52,54-55H,3-5,7,9-10,15-16,21-24,26,28-44H2,1-2H3,(H,56,57,58)/b8-6-,13-11-,14-12-,19-17-,20-18-,27-25-. The summed E-state index contributed by atoms with van der Waals surface area (Å²) in [5, 5.41) is 30.7. The number of carbonyl (C=O) groups is 1. The Kier molecular flexibility index (Phi) is 39.0. The third-order valence-corrected chi connectivity index (χ3v) is 11.3. The van der Waals surface area contributed by atoms with Crippen LogP contribution in [0.15, 0.2) is 72.9 Å². The van der Waals surface area contributed by atoms with Gasteiger partial charge in [-0.25, -0.2) is 4.18 Å². The van der Waals surface area contributed by atoms with Crippen molar-refractivity contribution >= 4 is 16.4 Å². The molecule has 4 N–H and O–H groups in total. The number of hydrogen-bond donors (Lipinski definition) is 4. The highest BCUT2D eigenvalue weighted by molar-refractivity contribution is 7.80. The molecule has 0 amide bonds. The summed E-state index contributed by atoms with van der Waals surface area (Å²) in [6.45, 7) is 3.80. The summed E-state index contributed by atoms with van der Waals surface area (Å²) in [5.74, 6) is -0.413. The number of esters is 1. The van der Waals surface area contributed by atoms with Crippen LogP contribution in [0.25, 0.3) is 0 Å². The summed E-state index contributed by atoms with van der Waals surface area (Å²) in [6, 6.07) is 0. The molecule has 0 spiro atoms. The van der Waals surface area contributed by atoms with Gasteiger partial charge in [0.1, 0.15) is 30.5 Å². The Morgan fingerprint density at radius 1 is 0.609 bits per heavy atom. The summed E-state index contributed by atoms with van der Waals surface area (Å²) in [4.78, 5) is 12.9. The fourth-order valence-corrected chi connectivity index (χ4v) is 7.61. The van der Waals surface area contributed by atoms with Crippen LogP contribution in [0.3, 0.4) is 0 Å². The van der Waals surface area contributed by atoms with Gasteiger partial charge in [-0.2, -0.15) is 8.42 Å². The van der Waals surface area contributed by atoms with E-state index < -0.39 is 59.8 Å². The lowest BCUT2D eigenvalue weighted by molar-refractivity contribution is -0.301. The Labute approximate surface area is 388 Å². The predicted octanol–water partition coefficient (Wildman–Crippen LogP) is 11.1. The van der Waals surface area contributed by atoms with Crippen LogP contribution in [0.2, 0.25) is 0 Å². The highest BCUT2D eigenvalue weighted by Gasteiger charge is 2.48. The second-order valence-corrected chi connectivity index (χ2v) is 17.7. The van der Waals surface area contributed by atoms with Gasteiger partial charge in [0, 0.05) is 13.0 Å². The van der Waals surface area contributed by atoms with E-state index in [4.69, 9.17) is 18.9 Å². The van der Waals surface area contributed by atoms with Crippen molar-refractivity contribution in [1.29, 1.82) is 0 Å². The van der Waals surface area contributed by atoms with Gasteiger partial charge in [0.2, 0.25) is 0 Å². The molecule has 0 aromatic carbocycles. The molecule has 370 valence electrons. The highest BCUT2D eigenvalue weighted by Crippen LogP contribution is 2.26. The van der Waals surface area contributed by atoms with Gasteiger partial charge < -0.3 is 34.3 Å². The van der Waals surface area contributed by atoms with E-state index in [1.165, 1.54) is 57.8 Å². The molecular weight excluding hydrogens is 837 g/mol. The lowest BCUT2D eigenvalue weighted by atomic mass is 9.99. The van der Waals surface area contributed by atoms with Gasteiger partial charge in [-0.15, -0.1) is 0 Å². The summed E-state index contributed by atoms with van der Waals surface area (Å²) in [6.07, 6.45) is 45.0. The van der Waals surface area contributed by atoms with E-state index in [9.17, 15) is 33.1 Å². The normalized spacial score (nSPS) is 20.4. The number of aliphatic hydroxyl groups excluding tert-OH is 3. The zero-order chi connectivity index (χ0) is 46.8. The second-order valence-electron chi connectivity index (χ2n) is 16.7. The maximum Gasteiger partial charge on any atom is 0.397 e. The van der Waals surface area contributed by atoms with Gasteiger partial charge >= 0.3 is 16.4 Å². The number of unbranched alkanes of at least 4 members (excludes halogenated alkanes) is 17. The molecule has 0 aliphatic carbocycles. The molecule has 12 nitrogen and oxygen atoms in total. The van der Waals surface area contributed by atoms with Crippen molar-refractivity contribution in [2.75, 3.05) is 26.4 Å². The van der Waals surface area contributed by atoms with Crippen LogP contribution in [0.1, 0.15) is 181 Å². The van der Waals surface area contributed by atoms with Gasteiger partial charge in [-0.3, -0.25) is 9.35 Å². The molecule has 13 heteroatoms. The average molecular weight is 925 g/mol. The predicted molar refractivity (Wildman–Crippen MR) is 257 cm³/mol. The number of hydrogen-bond acceptors (Lipinski definition) is 11. The molecule has 6 unspecified atom stereocenters. The van der Waals surface area contributed by atoms with Gasteiger partial charge in [0.15, 0.2) is 6.29 Å². The van der Waals surface area contributed by atoms with Crippen molar-refractivity contribution in [3.8, 4) is 0 Å². The molecular formula is C51H88O12S. The molecule has 64 heavy (non-hydrogen) atoms. The molecule has 1 heterocycles. The Hall–Kier alpha value is -2.46. The Balaban J connectivity index is 2.41. The van der Waals surface area contributed by atoms with Crippen LogP contribution >= 0.6 is 0 Å². The van der Waals surface area contributed by atoms with Crippen molar-refractivity contribution in [2.24, 2.45) is 0 Å². The van der Waals surface area contributed by atoms with Crippen molar-refractivity contribution in [3.63, 3.8) is 0 Å². The third kappa shape index (κ3) is 34.8. The van der Waals surface area contributed by atoms with Crippen LogP contribution in [-0.4, -0.2) is 97.5 Å². The third-order valence-electron chi connectivity index (χ3n) is 10.8. The number of allylic oxidation sites excluding steroid dienone is 12. The zero-order valence-electron chi connectivity index (χ0n) is 39.6. The topological polar surface area (TPSA) is 178 Å². The molecule has 0 saturated carbocycles. The maximum absolute atomic E-state index is 12.9. The van der Waals surface area contributed by atoms with E-state index in [0.717, 1.165) is 96.3 Å². The minimum atomic E-state index is -5.07. The van der Waals surface area contributed by atoms with Crippen molar-refractivity contribution in [3.05, 3.63) is 72.9 Å². The molecule has 0 aromatic heterocycles. The first kappa shape index (κ1) is 59.6. The summed E-state index contributed by atoms with van der Waals surface area (Å²) in [5.41, 5.74) is 0. The maximum atomic E-state index is 12.9. The number of aliphatic hydroxyl groups is 3. The van der Waals surface area contributed by atoms with E-state index in [-0.39, 0.29) is 19.6 Å². The summed E-state index contributed by atoms with van der Waals surface area (Å²) < 4.78 is 59.2. The molecule has 0 radical (unpaired) electrons. The van der Waals surface area contributed by atoms with Crippen LogP contribution in [-0.2, 0) is 38.3 Å². The first-order valence-corrected chi connectivity index (χ1v) is 26.1. The minimum Gasteiger partial charge on any atom is -0.457 e. The molecule has 0 aromatic rings. The summed E-state index contributed by atoms with van der Waals surface area (Å²) >= 11 is 0. The molecule has 1 aliphatic rings. The van der Waals surface area contributed by atoms with Crippen LogP contribution in [0.4, 0.5) is 0 Å². The monoisotopic (exact) mass is 925 g/mol. The average Bonchev–Trinajstić information content (AvgIpc) is 3.27. The SMILES string of the molecule is CC/C=C\C/C=C\C/C=C\C/C=C\CCCCCCCOCC(COC1OC(CO)C(O)C(OS(=O)(=O)O)C1O)OC(=O)CCCCCCCCCCC/C=C\C/C=C\CCCCC. The molecule has 6 atom stereocenters. The number of carbonyl (C=O) groups excluding carboxylic acids is 1. The highest BCUT2D eigenvalue weighted by atomic mass is 32.3. The lowest BCUT2D eigenvalue weighted by Crippen LogP contribution is -2.60.